The number of halogens is 1. The van der Waals surface area contributed by atoms with Crippen LogP contribution in [-0.4, -0.2) is 25.0 Å². The average molecular weight is 357 g/mol. The molecule has 0 unspecified atom stereocenters. The second-order valence-corrected chi connectivity index (χ2v) is 5.64. The molecular formula is C18H13ClN2O4. The molecule has 1 saturated heterocycles. The number of carbonyl (C=O) groups is 3. The van der Waals surface area contributed by atoms with Gasteiger partial charge in [-0.3, -0.25) is 14.9 Å². The summed E-state index contributed by atoms with van der Waals surface area (Å²) in [5, 5.41) is 2.64. The molecule has 2 aromatic rings. The van der Waals surface area contributed by atoms with Crippen LogP contribution in [0.2, 0.25) is 5.02 Å². The molecule has 6 nitrogen and oxygen atoms in total. The molecule has 126 valence electrons. The molecule has 2 aromatic carbocycles. The van der Waals surface area contributed by atoms with Gasteiger partial charge in [0.15, 0.2) is 0 Å². The summed E-state index contributed by atoms with van der Waals surface area (Å²) in [4.78, 5) is 37.7. The maximum absolute atomic E-state index is 12.7. The Morgan fingerprint density at radius 3 is 2.24 bits per heavy atom. The highest BCUT2D eigenvalue weighted by Gasteiger charge is 2.36. The monoisotopic (exact) mass is 356 g/mol. The Hall–Kier alpha value is -3.12. The lowest BCUT2D eigenvalue weighted by molar-refractivity contribution is -0.122. The number of hydrogen-bond acceptors (Lipinski definition) is 4. The number of methoxy groups -OCH3 is 1. The van der Waals surface area contributed by atoms with Crippen LogP contribution in [0, 0.1) is 0 Å². The summed E-state index contributed by atoms with van der Waals surface area (Å²) in [5.41, 5.74) is 0.810. The summed E-state index contributed by atoms with van der Waals surface area (Å²) in [6, 6.07) is 12.2. The van der Waals surface area contributed by atoms with Gasteiger partial charge in [0, 0.05) is 5.02 Å². The predicted octanol–water partition coefficient (Wildman–Crippen LogP) is 3.02. The zero-order valence-corrected chi connectivity index (χ0v) is 13.9. The number of rotatable bonds is 3. The van der Waals surface area contributed by atoms with E-state index in [9.17, 15) is 14.4 Å². The Morgan fingerprint density at radius 2 is 1.64 bits per heavy atom. The molecule has 0 saturated carbocycles. The Morgan fingerprint density at radius 1 is 1.00 bits per heavy atom. The first kappa shape index (κ1) is 16.7. The van der Waals surface area contributed by atoms with E-state index in [1.165, 1.54) is 18.2 Å². The molecule has 3 rings (SSSR count). The molecule has 0 aliphatic carbocycles. The number of carbonyl (C=O) groups excluding carboxylic acids is 3. The molecule has 1 fully saturated rings. The first-order valence-electron chi connectivity index (χ1n) is 7.30. The molecule has 1 aliphatic heterocycles. The second kappa shape index (κ2) is 6.78. The minimum atomic E-state index is -0.802. The quantitative estimate of drug-likeness (QED) is 0.677. The molecule has 25 heavy (non-hydrogen) atoms. The number of anilines is 1. The van der Waals surface area contributed by atoms with E-state index >= 15 is 0 Å². The average Bonchev–Trinajstić information content (AvgIpc) is 2.60. The van der Waals surface area contributed by atoms with Crippen LogP contribution in [0.5, 0.6) is 5.75 Å². The first-order chi connectivity index (χ1) is 12.0. The summed E-state index contributed by atoms with van der Waals surface area (Å²) in [6.07, 6.45) is 1.42. The van der Waals surface area contributed by atoms with Crippen molar-refractivity contribution >= 4 is 41.2 Å². The molecular weight excluding hydrogens is 344 g/mol. The maximum Gasteiger partial charge on any atom is 0.335 e. The van der Waals surface area contributed by atoms with Crippen molar-refractivity contribution in [2.75, 3.05) is 12.0 Å². The first-order valence-corrected chi connectivity index (χ1v) is 7.68. The van der Waals surface area contributed by atoms with Crippen LogP contribution in [-0.2, 0) is 9.59 Å². The van der Waals surface area contributed by atoms with E-state index in [1.807, 2.05) is 0 Å². The summed E-state index contributed by atoms with van der Waals surface area (Å²) < 4.78 is 5.07. The Labute approximate surface area is 148 Å². The lowest BCUT2D eigenvalue weighted by Crippen LogP contribution is -2.54. The third-order valence-electron chi connectivity index (χ3n) is 3.61. The highest BCUT2D eigenvalue weighted by molar-refractivity contribution is 6.39. The normalized spacial score (nSPS) is 16.2. The van der Waals surface area contributed by atoms with E-state index in [2.05, 4.69) is 5.32 Å². The number of urea groups is 1. The van der Waals surface area contributed by atoms with E-state index < -0.39 is 17.8 Å². The molecule has 4 amide bonds. The topological polar surface area (TPSA) is 75.7 Å². The summed E-state index contributed by atoms with van der Waals surface area (Å²) in [6.45, 7) is 0. The van der Waals surface area contributed by atoms with Crippen molar-refractivity contribution in [2.24, 2.45) is 0 Å². The minimum Gasteiger partial charge on any atom is -0.497 e. The van der Waals surface area contributed by atoms with Crippen LogP contribution >= 0.6 is 11.6 Å². The van der Waals surface area contributed by atoms with Gasteiger partial charge in [0.25, 0.3) is 11.8 Å². The van der Waals surface area contributed by atoms with Crippen LogP contribution in [0.25, 0.3) is 6.08 Å². The van der Waals surface area contributed by atoms with Gasteiger partial charge in [-0.1, -0.05) is 23.7 Å². The van der Waals surface area contributed by atoms with Crippen molar-refractivity contribution in [3.8, 4) is 5.75 Å². The minimum absolute atomic E-state index is 0.139. The SMILES string of the molecule is COc1ccc(/C=C2\C(=O)NC(=O)N(c3ccc(Cl)cc3)C2=O)cc1. The van der Waals surface area contributed by atoms with Crippen LogP contribution in [0.4, 0.5) is 10.5 Å². The van der Waals surface area contributed by atoms with Gasteiger partial charge in [0.05, 0.1) is 12.8 Å². The van der Waals surface area contributed by atoms with Gasteiger partial charge in [-0.25, -0.2) is 9.69 Å². The molecule has 1 heterocycles. The number of imide groups is 2. The van der Waals surface area contributed by atoms with Crippen molar-refractivity contribution in [2.45, 2.75) is 0 Å². The smallest absolute Gasteiger partial charge is 0.335 e. The van der Waals surface area contributed by atoms with Gasteiger partial charge in [-0.05, 0) is 48.0 Å². The van der Waals surface area contributed by atoms with Crippen molar-refractivity contribution in [3.05, 3.63) is 64.7 Å². The molecule has 0 radical (unpaired) electrons. The molecule has 1 aliphatic rings. The Bertz CT molecular complexity index is 873. The summed E-state index contributed by atoms with van der Waals surface area (Å²) >= 11 is 5.83. The molecule has 0 bridgehead atoms. The standard InChI is InChI=1S/C18H13ClN2O4/c1-25-14-8-2-11(3-9-14)10-15-16(22)20-18(24)21(17(15)23)13-6-4-12(19)5-7-13/h2-10H,1H3,(H,20,22,24)/b15-10+. The Kier molecular flexibility index (Phi) is 4.54. The van der Waals surface area contributed by atoms with Gasteiger partial charge >= 0.3 is 6.03 Å². The fraction of sp³-hybridized carbons (Fsp3) is 0.0556. The van der Waals surface area contributed by atoms with Crippen LogP contribution in [0.1, 0.15) is 5.56 Å². The molecule has 7 heteroatoms. The predicted molar refractivity (Wildman–Crippen MR) is 93.4 cm³/mol. The van der Waals surface area contributed by atoms with E-state index in [1.54, 1.807) is 43.5 Å². The summed E-state index contributed by atoms with van der Waals surface area (Å²) in [5.74, 6) is -0.789. The van der Waals surface area contributed by atoms with Gasteiger partial charge < -0.3 is 4.74 Å². The lowest BCUT2D eigenvalue weighted by Gasteiger charge is -2.26. The van der Waals surface area contributed by atoms with Crippen molar-refractivity contribution in [3.63, 3.8) is 0 Å². The van der Waals surface area contributed by atoms with E-state index in [0.717, 1.165) is 4.90 Å². The number of barbiturate groups is 1. The van der Waals surface area contributed by atoms with Gasteiger partial charge in [0.1, 0.15) is 11.3 Å². The van der Waals surface area contributed by atoms with Crippen LogP contribution in [0.3, 0.4) is 0 Å². The zero-order chi connectivity index (χ0) is 18.0. The maximum atomic E-state index is 12.7. The fourth-order valence-corrected chi connectivity index (χ4v) is 2.47. The number of amides is 4. The zero-order valence-electron chi connectivity index (χ0n) is 13.2. The molecule has 1 N–H and O–H groups in total. The van der Waals surface area contributed by atoms with Crippen LogP contribution < -0.4 is 15.0 Å². The van der Waals surface area contributed by atoms with Crippen molar-refractivity contribution < 1.29 is 19.1 Å². The van der Waals surface area contributed by atoms with Gasteiger partial charge in [-0.15, -0.1) is 0 Å². The number of nitrogens with one attached hydrogen (secondary N) is 1. The number of ether oxygens (including phenoxy) is 1. The number of nitrogens with zero attached hydrogens (tertiary/aromatic N) is 1. The van der Waals surface area contributed by atoms with Gasteiger partial charge in [-0.2, -0.15) is 0 Å². The van der Waals surface area contributed by atoms with Crippen molar-refractivity contribution in [1.29, 1.82) is 0 Å². The highest BCUT2D eigenvalue weighted by atomic mass is 35.5. The van der Waals surface area contributed by atoms with E-state index in [4.69, 9.17) is 16.3 Å². The molecule has 0 atom stereocenters. The van der Waals surface area contributed by atoms with Crippen LogP contribution in [0.15, 0.2) is 54.1 Å². The molecule has 0 aromatic heterocycles. The highest BCUT2D eigenvalue weighted by Crippen LogP contribution is 2.24. The molecule has 0 spiro atoms. The van der Waals surface area contributed by atoms with E-state index in [-0.39, 0.29) is 5.57 Å². The second-order valence-electron chi connectivity index (χ2n) is 5.21. The fourth-order valence-electron chi connectivity index (χ4n) is 2.35. The third kappa shape index (κ3) is 3.39. The van der Waals surface area contributed by atoms with Crippen molar-refractivity contribution in [1.82, 2.24) is 5.32 Å². The number of benzene rings is 2. The number of hydrogen-bond donors (Lipinski definition) is 1. The van der Waals surface area contributed by atoms with Gasteiger partial charge in [0.2, 0.25) is 0 Å². The Balaban J connectivity index is 1.97. The third-order valence-corrected chi connectivity index (χ3v) is 3.87. The largest absolute Gasteiger partial charge is 0.497 e. The lowest BCUT2D eigenvalue weighted by atomic mass is 10.1. The summed E-state index contributed by atoms with van der Waals surface area (Å²) in [7, 11) is 1.54. The van der Waals surface area contributed by atoms with E-state index in [0.29, 0.717) is 22.0 Å².